The fourth-order valence-corrected chi connectivity index (χ4v) is 4.32. The van der Waals surface area contributed by atoms with E-state index in [1.165, 1.54) is 0 Å². The van der Waals surface area contributed by atoms with Crippen molar-refractivity contribution < 1.29 is 8.42 Å². The number of hydrogen-bond donors (Lipinski definition) is 1. The van der Waals surface area contributed by atoms with Crippen molar-refractivity contribution in [1.29, 1.82) is 0 Å². The van der Waals surface area contributed by atoms with Gasteiger partial charge in [-0.3, -0.25) is 0 Å². The lowest BCUT2D eigenvalue weighted by atomic mass is 10.0. The summed E-state index contributed by atoms with van der Waals surface area (Å²) in [7, 11) is -3.11. The van der Waals surface area contributed by atoms with Crippen LogP contribution in [0.1, 0.15) is 34.6 Å². The maximum absolute atomic E-state index is 12.2. The summed E-state index contributed by atoms with van der Waals surface area (Å²) in [6, 6.07) is 0.469. The van der Waals surface area contributed by atoms with Crippen LogP contribution in [0.2, 0.25) is 0 Å². The molecule has 1 heterocycles. The van der Waals surface area contributed by atoms with Crippen LogP contribution < -0.4 is 5.32 Å². The van der Waals surface area contributed by atoms with Crippen LogP contribution >= 0.6 is 0 Å². The van der Waals surface area contributed by atoms with E-state index in [9.17, 15) is 8.42 Å². The van der Waals surface area contributed by atoms with Crippen LogP contribution in [0.3, 0.4) is 0 Å². The lowest BCUT2D eigenvalue weighted by molar-refractivity contribution is 0.259. The fraction of sp³-hybridized carbons (Fsp3) is 1.00. The molecular formula is C11H24N2O2S. The first kappa shape index (κ1) is 13.9. The van der Waals surface area contributed by atoms with Gasteiger partial charge in [0, 0.05) is 25.2 Å². The maximum atomic E-state index is 12.2. The molecule has 0 aliphatic carbocycles. The van der Waals surface area contributed by atoms with Crippen molar-refractivity contribution in [3.05, 3.63) is 0 Å². The summed E-state index contributed by atoms with van der Waals surface area (Å²) in [5.41, 5.74) is -0.184. The van der Waals surface area contributed by atoms with Gasteiger partial charge < -0.3 is 5.32 Å². The topological polar surface area (TPSA) is 49.4 Å². The molecule has 0 aromatic heterocycles. The Hall–Kier alpha value is -0.130. The minimum atomic E-state index is -3.11. The summed E-state index contributed by atoms with van der Waals surface area (Å²) in [4.78, 5) is 0. The van der Waals surface area contributed by atoms with E-state index in [2.05, 4.69) is 5.32 Å². The van der Waals surface area contributed by atoms with Crippen molar-refractivity contribution in [2.75, 3.05) is 18.8 Å². The zero-order valence-corrected chi connectivity index (χ0v) is 11.8. The van der Waals surface area contributed by atoms with Gasteiger partial charge in [0.25, 0.3) is 0 Å². The molecule has 1 aliphatic heterocycles. The molecule has 0 aromatic carbocycles. The summed E-state index contributed by atoms with van der Waals surface area (Å²) in [5.74, 6) is 0.222. The summed E-state index contributed by atoms with van der Waals surface area (Å²) < 4.78 is 26.0. The third-order valence-corrected chi connectivity index (χ3v) is 4.85. The molecule has 0 radical (unpaired) electrons. The minimum Gasteiger partial charge on any atom is -0.309 e. The van der Waals surface area contributed by atoms with Gasteiger partial charge in [0.05, 0.1) is 5.75 Å². The van der Waals surface area contributed by atoms with Gasteiger partial charge in [-0.2, -0.15) is 4.31 Å². The Bertz CT molecular complexity index is 322. The van der Waals surface area contributed by atoms with Gasteiger partial charge in [-0.15, -0.1) is 0 Å². The molecule has 1 rings (SSSR count). The fourth-order valence-electron chi connectivity index (χ4n) is 2.14. The van der Waals surface area contributed by atoms with Crippen LogP contribution in [0, 0.1) is 5.41 Å². The van der Waals surface area contributed by atoms with Gasteiger partial charge in [-0.1, -0.05) is 20.8 Å². The Kier molecular flexibility index (Phi) is 4.03. The van der Waals surface area contributed by atoms with E-state index in [1.54, 1.807) is 4.31 Å². The standard InChI is InChI=1S/C11H24N2O2S/c1-9-6-13(7-10(2)12-9)16(14,15)8-11(3,4)5/h9-10,12H,6-8H2,1-5H3. The van der Waals surface area contributed by atoms with E-state index in [0.29, 0.717) is 13.1 Å². The SMILES string of the molecule is CC1CN(S(=O)(=O)CC(C)(C)C)CC(C)N1. The molecule has 0 bridgehead atoms. The van der Waals surface area contributed by atoms with Gasteiger partial charge in [0.1, 0.15) is 0 Å². The summed E-state index contributed by atoms with van der Waals surface area (Å²) in [5, 5.41) is 3.34. The molecule has 2 unspecified atom stereocenters. The molecule has 0 amide bonds. The summed E-state index contributed by atoms with van der Waals surface area (Å²) in [6.07, 6.45) is 0. The Morgan fingerprint density at radius 3 is 2.00 bits per heavy atom. The molecule has 96 valence electrons. The number of nitrogens with one attached hydrogen (secondary N) is 1. The second-order valence-corrected chi connectivity index (χ2v) is 8.07. The first-order chi connectivity index (χ1) is 7.10. The molecule has 16 heavy (non-hydrogen) atoms. The average molecular weight is 248 g/mol. The predicted octanol–water partition coefficient (Wildman–Crippen LogP) is 1.04. The van der Waals surface area contributed by atoms with Crippen LogP contribution in [0.5, 0.6) is 0 Å². The predicted molar refractivity (Wildman–Crippen MR) is 66.9 cm³/mol. The molecule has 0 spiro atoms. The van der Waals surface area contributed by atoms with Crippen molar-refractivity contribution in [3.63, 3.8) is 0 Å². The molecule has 1 fully saturated rings. The zero-order valence-electron chi connectivity index (χ0n) is 10.9. The van der Waals surface area contributed by atoms with Crippen LogP contribution in [-0.2, 0) is 10.0 Å². The summed E-state index contributed by atoms with van der Waals surface area (Å²) >= 11 is 0. The van der Waals surface area contributed by atoms with Gasteiger partial charge >= 0.3 is 0 Å². The lowest BCUT2D eigenvalue weighted by Crippen LogP contribution is -2.56. The van der Waals surface area contributed by atoms with Gasteiger partial charge in [0.2, 0.25) is 10.0 Å². The average Bonchev–Trinajstić information content (AvgIpc) is 1.96. The monoisotopic (exact) mass is 248 g/mol. The number of rotatable bonds is 2. The largest absolute Gasteiger partial charge is 0.309 e. The Balaban J connectivity index is 2.76. The van der Waals surface area contributed by atoms with E-state index in [4.69, 9.17) is 0 Å². The third kappa shape index (κ3) is 4.03. The Morgan fingerprint density at radius 2 is 1.62 bits per heavy atom. The first-order valence-corrected chi connectivity index (χ1v) is 7.45. The highest BCUT2D eigenvalue weighted by atomic mass is 32.2. The van der Waals surface area contributed by atoms with Crippen molar-refractivity contribution in [2.24, 2.45) is 5.41 Å². The van der Waals surface area contributed by atoms with E-state index < -0.39 is 10.0 Å². The van der Waals surface area contributed by atoms with Crippen LogP contribution in [0.15, 0.2) is 0 Å². The third-order valence-electron chi connectivity index (χ3n) is 2.53. The molecule has 1 saturated heterocycles. The molecule has 5 heteroatoms. The number of piperazine rings is 1. The van der Waals surface area contributed by atoms with Crippen molar-refractivity contribution in [3.8, 4) is 0 Å². The van der Waals surface area contributed by atoms with Gasteiger partial charge in [-0.25, -0.2) is 8.42 Å². The minimum absolute atomic E-state index is 0.184. The Labute approximate surface area is 99.5 Å². The second kappa shape index (κ2) is 4.63. The maximum Gasteiger partial charge on any atom is 0.214 e. The van der Waals surface area contributed by atoms with Gasteiger partial charge in [0.15, 0.2) is 0 Å². The molecular weight excluding hydrogens is 224 g/mol. The molecule has 1 aliphatic rings. The van der Waals surface area contributed by atoms with E-state index in [-0.39, 0.29) is 23.3 Å². The van der Waals surface area contributed by atoms with Crippen molar-refractivity contribution in [1.82, 2.24) is 9.62 Å². The summed E-state index contributed by atoms with van der Waals surface area (Å²) in [6.45, 7) is 11.1. The van der Waals surface area contributed by atoms with E-state index >= 15 is 0 Å². The van der Waals surface area contributed by atoms with Gasteiger partial charge in [-0.05, 0) is 19.3 Å². The van der Waals surface area contributed by atoms with E-state index in [0.717, 1.165) is 0 Å². The number of nitrogens with zero attached hydrogens (tertiary/aromatic N) is 1. The van der Waals surface area contributed by atoms with Crippen molar-refractivity contribution >= 4 is 10.0 Å². The highest BCUT2D eigenvalue weighted by Crippen LogP contribution is 2.20. The molecule has 1 N–H and O–H groups in total. The first-order valence-electron chi connectivity index (χ1n) is 5.84. The number of hydrogen-bond acceptors (Lipinski definition) is 3. The quantitative estimate of drug-likeness (QED) is 0.794. The Morgan fingerprint density at radius 1 is 1.19 bits per heavy atom. The van der Waals surface area contributed by atoms with Crippen LogP contribution in [0.25, 0.3) is 0 Å². The molecule has 4 nitrogen and oxygen atoms in total. The second-order valence-electron chi connectivity index (χ2n) is 6.10. The zero-order chi connectivity index (χ0) is 12.6. The molecule has 0 aromatic rings. The smallest absolute Gasteiger partial charge is 0.214 e. The highest BCUT2D eigenvalue weighted by molar-refractivity contribution is 7.89. The van der Waals surface area contributed by atoms with Crippen molar-refractivity contribution in [2.45, 2.75) is 46.7 Å². The molecule has 2 atom stereocenters. The molecule has 0 saturated carbocycles. The highest BCUT2D eigenvalue weighted by Gasteiger charge is 2.32. The van der Waals surface area contributed by atoms with E-state index in [1.807, 2.05) is 34.6 Å². The normalized spacial score (nSPS) is 29.3. The lowest BCUT2D eigenvalue weighted by Gasteiger charge is -2.36. The van der Waals surface area contributed by atoms with Crippen LogP contribution in [0.4, 0.5) is 0 Å². The number of sulfonamides is 1. The van der Waals surface area contributed by atoms with Crippen LogP contribution in [-0.4, -0.2) is 43.6 Å².